The molecule has 0 saturated carbocycles. The van der Waals surface area contributed by atoms with E-state index in [1.165, 1.54) is 13.8 Å². The van der Waals surface area contributed by atoms with Crippen LogP contribution in [0.5, 0.6) is 0 Å². The van der Waals surface area contributed by atoms with E-state index < -0.39 is 24.3 Å². The fourth-order valence-electron chi connectivity index (χ4n) is 1.74. The minimum atomic E-state index is -1.02. The third-order valence-corrected chi connectivity index (χ3v) is 2.97. The van der Waals surface area contributed by atoms with Gasteiger partial charge in [-0.2, -0.15) is 0 Å². The van der Waals surface area contributed by atoms with E-state index in [1.807, 2.05) is 0 Å². The van der Waals surface area contributed by atoms with Crippen molar-refractivity contribution in [1.82, 2.24) is 0 Å². The maximum absolute atomic E-state index is 12.2. The summed E-state index contributed by atoms with van der Waals surface area (Å²) < 4.78 is 24.3. The van der Waals surface area contributed by atoms with Crippen molar-refractivity contribution in [3.63, 3.8) is 0 Å². The minimum Gasteiger partial charge on any atom is -0.550 e. The summed E-state index contributed by atoms with van der Waals surface area (Å²) in [6, 6.07) is 0. The molecule has 0 aromatic carbocycles. The SMILES string of the molecule is CC(F)CCCCCC(=O)[O-].CC(F)CCCCCC(=O)[O-].[Ca+2]. The van der Waals surface area contributed by atoms with Crippen molar-refractivity contribution in [3.05, 3.63) is 0 Å². The molecule has 0 aromatic heterocycles. The number of rotatable bonds is 12. The first-order valence-electron chi connectivity index (χ1n) is 7.93. The van der Waals surface area contributed by atoms with E-state index in [0.717, 1.165) is 25.7 Å². The number of alkyl halides is 2. The first-order chi connectivity index (χ1) is 10.3. The summed E-state index contributed by atoms with van der Waals surface area (Å²) in [5, 5.41) is 19.8. The largest absolute Gasteiger partial charge is 2.00 e. The Labute approximate surface area is 168 Å². The van der Waals surface area contributed by atoms with Crippen LogP contribution in [-0.2, 0) is 9.59 Å². The van der Waals surface area contributed by atoms with Crippen LogP contribution in [0.25, 0.3) is 0 Å². The Morgan fingerprint density at radius 1 is 0.739 bits per heavy atom. The molecule has 132 valence electrons. The van der Waals surface area contributed by atoms with Crippen LogP contribution in [0.3, 0.4) is 0 Å². The van der Waals surface area contributed by atoms with Gasteiger partial charge in [0.05, 0.1) is 12.3 Å². The normalized spacial score (nSPS) is 12.3. The van der Waals surface area contributed by atoms with Gasteiger partial charge in [-0.3, -0.25) is 0 Å². The average molecular weight is 362 g/mol. The van der Waals surface area contributed by atoms with Gasteiger partial charge in [-0.15, -0.1) is 0 Å². The maximum atomic E-state index is 12.2. The van der Waals surface area contributed by atoms with Crippen LogP contribution in [0.2, 0.25) is 0 Å². The number of unbranched alkanes of at least 4 members (excludes halogenated alkanes) is 4. The second-order valence-electron chi connectivity index (χ2n) is 5.50. The Morgan fingerprint density at radius 2 is 1.04 bits per heavy atom. The van der Waals surface area contributed by atoms with Gasteiger partial charge in [0.2, 0.25) is 0 Å². The Hall–Kier alpha value is 0.0597. The number of carboxylic acid groups (broad SMARTS) is 2. The van der Waals surface area contributed by atoms with Gasteiger partial charge < -0.3 is 19.8 Å². The molecule has 2 unspecified atom stereocenters. The number of carbonyl (C=O) groups is 2. The Morgan fingerprint density at radius 3 is 1.26 bits per heavy atom. The van der Waals surface area contributed by atoms with Crippen LogP contribution in [0, 0.1) is 0 Å². The smallest absolute Gasteiger partial charge is 0.550 e. The summed E-state index contributed by atoms with van der Waals surface area (Å²) in [4.78, 5) is 19.8. The molecule has 0 heterocycles. The zero-order valence-electron chi connectivity index (χ0n) is 14.3. The van der Waals surface area contributed by atoms with E-state index in [1.54, 1.807) is 0 Å². The van der Waals surface area contributed by atoms with Crippen molar-refractivity contribution in [2.24, 2.45) is 0 Å². The van der Waals surface area contributed by atoms with E-state index in [2.05, 4.69) is 0 Å². The average Bonchev–Trinajstić information content (AvgIpc) is 2.37. The fourth-order valence-corrected chi connectivity index (χ4v) is 1.74. The first kappa shape index (κ1) is 27.9. The quantitative estimate of drug-likeness (QED) is 0.391. The van der Waals surface area contributed by atoms with Crippen LogP contribution in [0.4, 0.5) is 8.78 Å². The molecule has 2 atom stereocenters. The van der Waals surface area contributed by atoms with Crippen LogP contribution in [0.1, 0.15) is 78.1 Å². The van der Waals surface area contributed by atoms with Gasteiger partial charge in [0.15, 0.2) is 0 Å². The molecular formula is C16H28CaF2O4. The van der Waals surface area contributed by atoms with Crippen LogP contribution in [0.15, 0.2) is 0 Å². The molecule has 0 radical (unpaired) electrons. The van der Waals surface area contributed by atoms with Crippen molar-refractivity contribution < 1.29 is 28.6 Å². The molecule has 4 nitrogen and oxygen atoms in total. The molecule has 0 amide bonds. The molecule has 7 heteroatoms. The van der Waals surface area contributed by atoms with E-state index in [0.29, 0.717) is 25.7 Å². The van der Waals surface area contributed by atoms with Crippen LogP contribution >= 0.6 is 0 Å². The topological polar surface area (TPSA) is 80.3 Å². The number of hydrogen-bond acceptors (Lipinski definition) is 4. The molecule has 0 N–H and O–H groups in total. The van der Waals surface area contributed by atoms with Gasteiger partial charge in [-0.1, -0.05) is 25.7 Å². The van der Waals surface area contributed by atoms with Crippen LogP contribution in [-0.4, -0.2) is 62.0 Å². The molecule has 0 bridgehead atoms. The zero-order chi connectivity index (χ0) is 17.4. The molecule has 23 heavy (non-hydrogen) atoms. The number of hydrogen-bond donors (Lipinski definition) is 0. The van der Waals surface area contributed by atoms with Crippen molar-refractivity contribution in [2.75, 3.05) is 0 Å². The molecule has 0 saturated heterocycles. The fraction of sp³-hybridized carbons (Fsp3) is 0.875. The third-order valence-electron chi connectivity index (χ3n) is 2.97. The molecule has 0 fully saturated rings. The van der Waals surface area contributed by atoms with Gasteiger partial charge in [0, 0.05) is 11.9 Å². The summed E-state index contributed by atoms with van der Waals surface area (Å²) in [5.41, 5.74) is 0. The molecule has 0 aliphatic carbocycles. The maximum Gasteiger partial charge on any atom is 2.00 e. The molecule has 0 aromatic rings. The Bertz CT molecular complexity index is 259. The summed E-state index contributed by atoms with van der Waals surface area (Å²) in [7, 11) is 0. The zero-order valence-corrected chi connectivity index (χ0v) is 16.5. The summed E-state index contributed by atoms with van der Waals surface area (Å²) in [5.74, 6) is -2.03. The summed E-state index contributed by atoms with van der Waals surface area (Å²) in [6.07, 6.45) is 4.04. The van der Waals surface area contributed by atoms with Crippen LogP contribution < -0.4 is 10.2 Å². The third kappa shape index (κ3) is 34.4. The Balaban J connectivity index is -0.000000333. The molecule has 0 rings (SSSR count). The second-order valence-corrected chi connectivity index (χ2v) is 5.50. The number of carbonyl (C=O) groups excluding carboxylic acids is 2. The van der Waals surface area contributed by atoms with Gasteiger partial charge in [-0.05, 0) is 52.4 Å². The molecule has 0 aliphatic heterocycles. The van der Waals surface area contributed by atoms with Gasteiger partial charge >= 0.3 is 37.7 Å². The molecular weight excluding hydrogens is 334 g/mol. The number of carboxylic acids is 2. The van der Waals surface area contributed by atoms with Crippen molar-refractivity contribution >= 4 is 49.7 Å². The molecule has 0 aliphatic rings. The van der Waals surface area contributed by atoms with Gasteiger partial charge in [0.25, 0.3) is 0 Å². The summed E-state index contributed by atoms with van der Waals surface area (Å²) in [6.45, 7) is 3.03. The number of halogens is 2. The van der Waals surface area contributed by atoms with E-state index in [-0.39, 0.29) is 50.6 Å². The first-order valence-corrected chi connectivity index (χ1v) is 7.93. The van der Waals surface area contributed by atoms with Gasteiger partial charge in [-0.25, -0.2) is 8.78 Å². The monoisotopic (exact) mass is 362 g/mol. The van der Waals surface area contributed by atoms with Crippen molar-refractivity contribution in [3.8, 4) is 0 Å². The van der Waals surface area contributed by atoms with E-state index >= 15 is 0 Å². The predicted molar refractivity (Wildman–Crippen MR) is 83.1 cm³/mol. The molecule has 0 spiro atoms. The van der Waals surface area contributed by atoms with Crippen molar-refractivity contribution in [2.45, 2.75) is 90.4 Å². The number of aliphatic carboxylic acids is 2. The second kappa shape index (κ2) is 20.1. The Kier molecular flexibility index (Phi) is 24.4. The van der Waals surface area contributed by atoms with E-state index in [9.17, 15) is 28.6 Å². The minimum absolute atomic E-state index is 0. The standard InChI is InChI=1S/2C8H15FO2.Ca/c2*1-7(9)5-3-2-4-6-8(10)11;/h2*7H,2-6H2,1H3,(H,10,11);/q;;+2/p-2. The predicted octanol–water partition coefficient (Wildman–Crippen LogP) is 1.71. The van der Waals surface area contributed by atoms with E-state index in [4.69, 9.17) is 0 Å². The summed E-state index contributed by atoms with van der Waals surface area (Å²) >= 11 is 0. The van der Waals surface area contributed by atoms with Gasteiger partial charge in [0.1, 0.15) is 0 Å². The van der Waals surface area contributed by atoms with Crippen molar-refractivity contribution in [1.29, 1.82) is 0 Å².